The smallest absolute Gasteiger partial charge is 0.264 e. The molecule has 144 valence electrons. The largest absolute Gasteiger partial charge is 0.294 e. The van der Waals surface area contributed by atoms with Crippen molar-refractivity contribution in [3.05, 3.63) is 41.5 Å². The molecule has 0 N–H and O–H groups in total. The molecular weight excluding hydrogens is 363 g/mol. The van der Waals surface area contributed by atoms with Gasteiger partial charge in [-0.1, -0.05) is 44.7 Å². The number of thioether (sulfide) groups is 1. The van der Waals surface area contributed by atoms with Gasteiger partial charge in [-0.25, -0.2) is 9.37 Å². The van der Waals surface area contributed by atoms with Crippen LogP contribution < -0.4 is 0 Å². The number of aryl methyl sites for hydroxylation is 1. The highest BCUT2D eigenvalue weighted by Crippen LogP contribution is 2.42. The van der Waals surface area contributed by atoms with E-state index in [1.165, 1.54) is 35.0 Å². The third-order valence-electron chi connectivity index (χ3n) is 5.41. The van der Waals surface area contributed by atoms with Crippen LogP contribution in [0.4, 0.5) is 4.39 Å². The molecule has 0 amide bonds. The minimum absolute atomic E-state index is 0.0256. The van der Waals surface area contributed by atoms with E-state index in [1.54, 1.807) is 0 Å². The number of hydrogen-bond donors (Lipinski definition) is 0. The second-order valence-electron chi connectivity index (χ2n) is 7.85. The SMILES string of the molecule is CCc1nc2n(n1)C(=O)C(C(c1ccc(F)cc1)N1CC(C)CC(C)C1)S2. The van der Waals surface area contributed by atoms with Crippen LogP contribution in [0.15, 0.2) is 29.4 Å². The molecule has 27 heavy (non-hydrogen) atoms. The number of likely N-dealkylation sites (tertiary alicyclic amines) is 1. The van der Waals surface area contributed by atoms with Gasteiger partial charge in [0.05, 0.1) is 6.04 Å². The average molecular weight is 389 g/mol. The Morgan fingerprint density at radius 3 is 2.48 bits per heavy atom. The molecule has 4 atom stereocenters. The molecule has 7 heteroatoms. The van der Waals surface area contributed by atoms with Gasteiger partial charge in [0.25, 0.3) is 5.91 Å². The van der Waals surface area contributed by atoms with Crippen molar-refractivity contribution in [1.82, 2.24) is 19.7 Å². The lowest BCUT2D eigenvalue weighted by molar-refractivity contribution is 0.0712. The van der Waals surface area contributed by atoms with E-state index < -0.39 is 0 Å². The van der Waals surface area contributed by atoms with Gasteiger partial charge < -0.3 is 0 Å². The van der Waals surface area contributed by atoms with Gasteiger partial charge in [0.1, 0.15) is 11.1 Å². The van der Waals surface area contributed by atoms with Gasteiger partial charge in [-0.15, -0.1) is 5.10 Å². The Hall–Kier alpha value is -1.73. The molecule has 2 aromatic rings. The lowest BCUT2D eigenvalue weighted by Crippen LogP contribution is -2.46. The molecule has 2 aliphatic rings. The van der Waals surface area contributed by atoms with Crippen LogP contribution in [0, 0.1) is 17.7 Å². The maximum Gasteiger partial charge on any atom is 0.264 e. The minimum atomic E-state index is -0.311. The normalized spacial score (nSPS) is 27.0. The first kappa shape index (κ1) is 18.6. The van der Waals surface area contributed by atoms with Gasteiger partial charge in [-0.2, -0.15) is 4.68 Å². The third kappa shape index (κ3) is 3.55. The van der Waals surface area contributed by atoms with Crippen molar-refractivity contribution >= 4 is 17.7 Å². The molecular formula is C20H25FN4OS. The second kappa shape index (κ2) is 7.36. The zero-order valence-electron chi connectivity index (χ0n) is 15.9. The van der Waals surface area contributed by atoms with Crippen LogP contribution in [0.25, 0.3) is 0 Å². The molecule has 2 aliphatic heterocycles. The maximum absolute atomic E-state index is 13.5. The summed E-state index contributed by atoms with van der Waals surface area (Å²) in [5.74, 6) is 1.55. The summed E-state index contributed by atoms with van der Waals surface area (Å²) in [5, 5.41) is 4.72. The Morgan fingerprint density at radius 1 is 1.22 bits per heavy atom. The number of halogens is 1. The second-order valence-corrected chi connectivity index (χ2v) is 8.96. The van der Waals surface area contributed by atoms with Gasteiger partial charge >= 0.3 is 0 Å². The fourth-order valence-electron chi connectivity index (χ4n) is 4.37. The van der Waals surface area contributed by atoms with Crippen LogP contribution in [-0.2, 0) is 6.42 Å². The Morgan fingerprint density at radius 2 is 1.89 bits per heavy atom. The average Bonchev–Trinajstić information content (AvgIpc) is 3.16. The molecule has 1 fully saturated rings. The van der Waals surface area contributed by atoms with Crippen LogP contribution in [0.2, 0.25) is 0 Å². The molecule has 4 unspecified atom stereocenters. The number of aromatic nitrogens is 3. The first-order chi connectivity index (χ1) is 13.0. The van der Waals surface area contributed by atoms with Crippen molar-refractivity contribution < 1.29 is 9.18 Å². The third-order valence-corrected chi connectivity index (χ3v) is 6.60. The van der Waals surface area contributed by atoms with Crippen LogP contribution in [0.5, 0.6) is 0 Å². The standard InChI is InChI=1S/C20H25FN4OS/c1-4-16-22-20-25(23-16)19(26)18(27-20)17(14-5-7-15(21)8-6-14)24-10-12(2)9-13(3)11-24/h5-8,12-13,17-18H,4,9-11H2,1-3H3. The van der Waals surface area contributed by atoms with E-state index in [2.05, 4.69) is 28.8 Å². The first-order valence-corrected chi connectivity index (χ1v) is 10.5. The number of nitrogens with zero attached hydrogens (tertiary/aromatic N) is 4. The predicted molar refractivity (Wildman–Crippen MR) is 103 cm³/mol. The lowest BCUT2D eigenvalue weighted by Gasteiger charge is -2.41. The molecule has 1 aromatic carbocycles. The molecule has 0 saturated carbocycles. The summed E-state index contributed by atoms with van der Waals surface area (Å²) in [7, 11) is 0. The van der Waals surface area contributed by atoms with Gasteiger partial charge in [0, 0.05) is 19.5 Å². The predicted octanol–water partition coefficient (Wildman–Crippen LogP) is 3.81. The Kier molecular flexibility index (Phi) is 5.07. The van der Waals surface area contributed by atoms with Gasteiger partial charge in [-0.05, 0) is 36.0 Å². The van der Waals surface area contributed by atoms with Gasteiger partial charge in [0.15, 0.2) is 11.0 Å². The van der Waals surface area contributed by atoms with Crippen molar-refractivity contribution in [2.75, 3.05) is 13.1 Å². The molecule has 0 bridgehead atoms. The van der Waals surface area contributed by atoms with Crippen molar-refractivity contribution in [3.8, 4) is 0 Å². The molecule has 1 saturated heterocycles. The summed E-state index contributed by atoms with van der Waals surface area (Å²) in [4.78, 5) is 20.0. The zero-order valence-corrected chi connectivity index (χ0v) is 16.7. The number of hydrogen-bond acceptors (Lipinski definition) is 5. The monoisotopic (exact) mass is 388 g/mol. The van der Waals surface area contributed by atoms with Crippen molar-refractivity contribution in [1.29, 1.82) is 0 Å². The summed E-state index contributed by atoms with van der Waals surface area (Å²) in [6.45, 7) is 8.37. The summed E-state index contributed by atoms with van der Waals surface area (Å²) < 4.78 is 15.0. The lowest BCUT2D eigenvalue weighted by atomic mass is 9.89. The van der Waals surface area contributed by atoms with Crippen LogP contribution >= 0.6 is 11.8 Å². The Bertz CT molecular complexity index is 827. The fourth-order valence-corrected chi connectivity index (χ4v) is 5.64. The van der Waals surface area contributed by atoms with Crippen molar-refractivity contribution in [2.45, 2.75) is 50.1 Å². The summed E-state index contributed by atoms with van der Waals surface area (Å²) in [6, 6.07) is 6.47. The Balaban J connectivity index is 1.69. The maximum atomic E-state index is 13.5. The molecule has 1 aromatic heterocycles. The van der Waals surface area contributed by atoms with Gasteiger partial charge in [-0.3, -0.25) is 9.69 Å². The highest BCUT2D eigenvalue weighted by atomic mass is 32.2. The molecule has 0 radical (unpaired) electrons. The van der Waals surface area contributed by atoms with Gasteiger partial charge in [0.2, 0.25) is 0 Å². The number of carbonyl (C=O) groups is 1. The molecule has 3 heterocycles. The van der Waals surface area contributed by atoms with Crippen LogP contribution in [0.3, 0.4) is 0 Å². The first-order valence-electron chi connectivity index (χ1n) is 9.62. The summed E-state index contributed by atoms with van der Waals surface area (Å²) in [6.07, 6.45) is 1.91. The quantitative estimate of drug-likeness (QED) is 0.797. The molecule has 5 nitrogen and oxygen atoms in total. The van der Waals surface area contributed by atoms with E-state index in [4.69, 9.17) is 0 Å². The van der Waals surface area contributed by atoms with E-state index in [0.29, 0.717) is 29.2 Å². The zero-order chi connectivity index (χ0) is 19.1. The molecule has 0 aliphatic carbocycles. The molecule has 0 spiro atoms. The summed E-state index contributed by atoms with van der Waals surface area (Å²) >= 11 is 1.49. The minimum Gasteiger partial charge on any atom is -0.294 e. The van der Waals surface area contributed by atoms with Crippen LogP contribution in [0.1, 0.15) is 49.4 Å². The van der Waals surface area contributed by atoms with E-state index >= 15 is 0 Å². The highest BCUT2D eigenvalue weighted by molar-refractivity contribution is 8.00. The molecule has 4 rings (SSSR count). The van der Waals surface area contributed by atoms with Crippen molar-refractivity contribution in [2.24, 2.45) is 11.8 Å². The van der Waals surface area contributed by atoms with E-state index in [0.717, 1.165) is 18.7 Å². The topological polar surface area (TPSA) is 51.0 Å². The van der Waals surface area contributed by atoms with E-state index in [-0.39, 0.29) is 23.0 Å². The number of carbonyl (C=O) groups excluding carboxylic acids is 1. The Labute approximate surface area is 163 Å². The van der Waals surface area contributed by atoms with E-state index in [1.807, 2.05) is 19.1 Å². The number of piperidine rings is 1. The summed E-state index contributed by atoms with van der Waals surface area (Å²) in [5.41, 5.74) is 0.977. The highest BCUT2D eigenvalue weighted by Gasteiger charge is 2.44. The number of fused-ring (bicyclic) bond motifs is 1. The fraction of sp³-hybridized carbons (Fsp3) is 0.550. The van der Waals surface area contributed by atoms with E-state index in [9.17, 15) is 9.18 Å². The van der Waals surface area contributed by atoms with Crippen molar-refractivity contribution in [3.63, 3.8) is 0 Å². The number of rotatable bonds is 4. The number of benzene rings is 1. The van der Waals surface area contributed by atoms with Crippen LogP contribution in [-0.4, -0.2) is 43.9 Å².